The summed E-state index contributed by atoms with van der Waals surface area (Å²) in [5, 5.41) is 3.56. The fourth-order valence-electron chi connectivity index (χ4n) is 2.15. The fourth-order valence-corrected chi connectivity index (χ4v) is 2.15. The number of rotatable bonds is 5. The van der Waals surface area contributed by atoms with Crippen molar-refractivity contribution in [2.45, 2.75) is 52.0 Å². The number of hydrogen-bond acceptors (Lipinski definition) is 2. The Morgan fingerprint density at radius 2 is 2.07 bits per heavy atom. The molecule has 0 spiro atoms. The van der Waals surface area contributed by atoms with Crippen LogP contribution in [0.1, 0.15) is 46.0 Å². The minimum absolute atomic E-state index is 0.452. The molecule has 0 aromatic rings. The van der Waals surface area contributed by atoms with Gasteiger partial charge in [0.25, 0.3) is 0 Å². The molecule has 0 bridgehead atoms. The highest BCUT2D eigenvalue weighted by Gasteiger charge is 2.20. The first-order valence-electron chi connectivity index (χ1n) is 6.20. The van der Waals surface area contributed by atoms with Gasteiger partial charge in [0.2, 0.25) is 0 Å². The Hall–Kier alpha value is -0.0800. The van der Waals surface area contributed by atoms with Crippen molar-refractivity contribution in [2.24, 2.45) is 17.6 Å². The smallest absolute Gasteiger partial charge is 0.00792 e. The molecule has 2 heteroatoms. The summed E-state index contributed by atoms with van der Waals surface area (Å²) in [7, 11) is 0. The predicted octanol–water partition coefficient (Wildman–Crippen LogP) is 2.14. The monoisotopic (exact) mass is 198 g/mol. The maximum absolute atomic E-state index is 6.09. The van der Waals surface area contributed by atoms with Crippen molar-refractivity contribution in [3.63, 3.8) is 0 Å². The van der Waals surface area contributed by atoms with Gasteiger partial charge < -0.3 is 11.1 Å². The Morgan fingerprint density at radius 3 is 2.71 bits per heavy atom. The highest BCUT2D eigenvalue weighted by atomic mass is 14.9. The van der Waals surface area contributed by atoms with Crippen LogP contribution in [0.25, 0.3) is 0 Å². The molecule has 3 N–H and O–H groups in total. The Labute approximate surface area is 88.6 Å². The van der Waals surface area contributed by atoms with Crippen LogP contribution >= 0.6 is 0 Å². The SMILES string of the molecule is CCC(C)CNCC1CCCCC1N. The van der Waals surface area contributed by atoms with Crippen molar-refractivity contribution >= 4 is 0 Å². The molecule has 1 aliphatic carbocycles. The second-order valence-corrected chi connectivity index (χ2v) is 4.88. The molecule has 2 nitrogen and oxygen atoms in total. The van der Waals surface area contributed by atoms with Gasteiger partial charge in [-0.05, 0) is 37.8 Å². The zero-order valence-corrected chi connectivity index (χ0v) is 9.76. The maximum atomic E-state index is 6.09. The molecular weight excluding hydrogens is 172 g/mol. The molecule has 0 aromatic heterocycles. The molecular formula is C12H26N2. The molecule has 0 heterocycles. The number of nitrogens with one attached hydrogen (secondary N) is 1. The fraction of sp³-hybridized carbons (Fsp3) is 1.00. The van der Waals surface area contributed by atoms with E-state index in [0.29, 0.717) is 6.04 Å². The van der Waals surface area contributed by atoms with E-state index in [0.717, 1.165) is 24.9 Å². The van der Waals surface area contributed by atoms with Gasteiger partial charge in [-0.25, -0.2) is 0 Å². The van der Waals surface area contributed by atoms with Crippen LogP contribution in [-0.4, -0.2) is 19.1 Å². The highest BCUT2D eigenvalue weighted by Crippen LogP contribution is 2.22. The van der Waals surface area contributed by atoms with E-state index in [2.05, 4.69) is 19.2 Å². The average Bonchev–Trinajstić information content (AvgIpc) is 2.20. The lowest BCUT2D eigenvalue weighted by atomic mass is 9.85. The van der Waals surface area contributed by atoms with Gasteiger partial charge in [0.05, 0.1) is 0 Å². The predicted molar refractivity (Wildman–Crippen MR) is 62.3 cm³/mol. The summed E-state index contributed by atoms with van der Waals surface area (Å²) in [4.78, 5) is 0. The van der Waals surface area contributed by atoms with Crippen molar-refractivity contribution in [2.75, 3.05) is 13.1 Å². The van der Waals surface area contributed by atoms with Crippen LogP contribution in [0.15, 0.2) is 0 Å². The molecule has 0 radical (unpaired) electrons. The average molecular weight is 198 g/mol. The van der Waals surface area contributed by atoms with E-state index in [-0.39, 0.29) is 0 Å². The summed E-state index contributed by atoms with van der Waals surface area (Å²) in [5.41, 5.74) is 6.09. The van der Waals surface area contributed by atoms with Crippen molar-refractivity contribution in [1.29, 1.82) is 0 Å². The van der Waals surface area contributed by atoms with Crippen molar-refractivity contribution in [1.82, 2.24) is 5.32 Å². The topological polar surface area (TPSA) is 38.0 Å². The van der Waals surface area contributed by atoms with Crippen LogP contribution in [-0.2, 0) is 0 Å². The molecule has 0 aromatic carbocycles. The summed E-state index contributed by atoms with van der Waals surface area (Å²) in [6, 6.07) is 0.452. The van der Waals surface area contributed by atoms with E-state index in [1.165, 1.54) is 32.1 Å². The van der Waals surface area contributed by atoms with Crippen LogP contribution < -0.4 is 11.1 Å². The lowest BCUT2D eigenvalue weighted by molar-refractivity contribution is 0.291. The second kappa shape index (κ2) is 6.41. The molecule has 3 atom stereocenters. The number of hydrogen-bond donors (Lipinski definition) is 2. The van der Waals surface area contributed by atoms with E-state index >= 15 is 0 Å². The summed E-state index contributed by atoms with van der Waals surface area (Å²) in [6.45, 7) is 6.83. The first kappa shape index (κ1) is 12.0. The lowest BCUT2D eigenvalue weighted by Crippen LogP contribution is -2.40. The summed E-state index contributed by atoms with van der Waals surface area (Å²) in [5.74, 6) is 1.53. The standard InChI is InChI=1S/C12H26N2/c1-3-10(2)8-14-9-11-6-4-5-7-12(11)13/h10-12,14H,3-9,13H2,1-2H3. The third kappa shape index (κ3) is 3.97. The minimum Gasteiger partial charge on any atom is -0.327 e. The maximum Gasteiger partial charge on any atom is 0.00792 e. The van der Waals surface area contributed by atoms with Gasteiger partial charge in [-0.15, -0.1) is 0 Å². The molecule has 3 unspecified atom stereocenters. The lowest BCUT2D eigenvalue weighted by Gasteiger charge is -2.29. The highest BCUT2D eigenvalue weighted by molar-refractivity contribution is 4.79. The zero-order valence-electron chi connectivity index (χ0n) is 9.76. The normalized spacial score (nSPS) is 30.2. The molecule has 1 rings (SSSR count). The summed E-state index contributed by atoms with van der Waals surface area (Å²) < 4.78 is 0. The van der Waals surface area contributed by atoms with Gasteiger partial charge in [-0.1, -0.05) is 33.1 Å². The number of nitrogens with two attached hydrogens (primary N) is 1. The van der Waals surface area contributed by atoms with Gasteiger partial charge in [0, 0.05) is 6.04 Å². The summed E-state index contributed by atoms with van der Waals surface area (Å²) >= 11 is 0. The van der Waals surface area contributed by atoms with Gasteiger partial charge in [-0.2, -0.15) is 0 Å². The molecule has 1 saturated carbocycles. The van der Waals surface area contributed by atoms with Crippen LogP contribution in [0.3, 0.4) is 0 Å². The third-order valence-corrected chi connectivity index (χ3v) is 3.56. The van der Waals surface area contributed by atoms with Crippen molar-refractivity contribution in [3.8, 4) is 0 Å². The van der Waals surface area contributed by atoms with Gasteiger partial charge >= 0.3 is 0 Å². The Balaban J connectivity index is 2.10. The molecule has 14 heavy (non-hydrogen) atoms. The van der Waals surface area contributed by atoms with E-state index in [1.54, 1.807) is 0 Å². The van der Waals surface area contributed by atoms with E-state index in [1.807, 2.05) is 0 Å². The van der Waals surface area contributed by atoms with Gasteiger partial charge in [-0.3, -0.25) is 0 Å². The molecule has 0 amide bonds. The summed E-state index contributed by atoms with van der Waals surface area (Å²) in [6.07, 6.45) is 6.54. The molecule has 0 aliphatic heterocycles. The van der Waals surface area contributed by atoms with Crippen molar-refractivity contribution in [3.05, 3.63) is 0 Å². The Bertz CT molecular complexity index is 147. The second-order valence-electron chi connectivity index (χ2n) is 4.88. The Morgan fingerprint density at radius 1 is 1.36 bits per heavy atom. The van der Waals surface area contributed by atoms with E-state index < -0.39 is 0 Å². The minimum atomic E-state index is 0.452. The van der Waals surface area contributed by atoms with Crippen LogP contribution in [0.4, 0.5) is 0 Å². The van der Waals surface area contributed by atoms with Crippen LogP contribution in [0, 0.1) is 11.8 Å². The first-order chi connectivity index (χ1) is 6.74. The third-order valence-electron chi connectivity index (χ3n) is 3.56. The first-order valence-corrected chi connectivity index (χ1v) is 6.20. The largest absolute Gasteiger partial charge is 0.327 e. The van der Waals surface area contributed by atoms with Gasteiger partial charge in [0.1, 0.15) is 0 Å². The van der Waals surface area contributed by atoms with Crippen LogP contribution in [0.5, 0.6) is 0 Å². The molecule has 0 saturated heterocycles. The van der Waals surface area contributed by atoms with E-state index in [4.69, 9.17) is 5.73 Å². The quantitative estimate of drug-likeness (QED) is 0.710. The van der Waals surface area contributed by atoms with Gasteiger partial charge in [0.15, 0.2) is 0 Å². The zero-order chi connectivity index (χ0) is 10.4. The Kier molecular flexibility index (Phi) is 5.49. The molecule has 1 aliphatic rings. The van der Waals surface area contributed by atoms with Crippen LogP contribution in [0.2, 0.25) is 0 Å². The van der Waals surface area contributed by atoms with E-state index in [9.17, 15) is 0 Å². The molecule has 1 fully saturated rings. The molecule has 84 valence electrons. The van der Waals surface area contributed by atoms with Crippen molar-refractivity contribution < 1.29 is 0 Å².